The third-order valence-electron chi connectivity index (χ3n) is 3.67. The van der Waals surface area contributed by atoms with Crippen molar-refractivity contribution in [3.8, 4) is 11.5 Å². The first-order valence-corrected chi connectivity index (χ1v) is 8.17. The first-order valence-electron chi connectivity index (χ1n) is 7.38. The van der Waals surface area contributed by atoms with Crippen LogP contribution in [0.3, 0.4) is 0 Å². The average molecular weight is 373 g/mol. The molecule has 0 aliphatic rings. The Balaban J connectivity index is 1.88. The highest BCUT2D eigenvalue weighted by atomic mass is 79.9. The molecule has 0 aliphatic carbocycles. The second-order valence-electron chi connectivity index (χ2n) is 5.77. The molecule has 0 bridgehead atoms. The number of aryl methyl sites for hydroxylation is 1. The summed E-state index contributed by atoms with van der Waals surface area (Å²) >= 11 is 3.48. The van der Waals surface area contributed by atoms with Gasteiger partial charge in [-0.3, -0.25) is 4.79 Å². The molecule has 4 nitrogen and oxygen atoms in total. The number of fused-ring (bicyclic) bond motifs is 1. The van der Waals surface area contributed by atoms with E-state index in [9.17, 15) is 4.79 Å². The van der Waals surface area contributed by atoms with Gasteiger partial charge in [0.25, 0.3) is 0 Å². The standard InChI is InChI=1S/C18H17BrN2O2/c1-11(2)18(22)12-4-7-17(14(19)8-12)23-13-5-6-16-15(9-13)20-10-21(16)3/h4-11H,1-3H3. The third-order valence-corrected chi connectivity index (χ3v) is 4.29. The van der Waals surface area contributed by atoms with Crippen LogP contribution in [0.4, 0.5) is 0 Å². The smallest absolute Gasteiger partial charge is 0.165 e. The van der Waals surface area contributed by atoms with Gasteiger partial charge in [0, 0.05) is 24.6 Å². The maximum absolute atomic E-state index is 12.0. The first-order chi connectivity index (χ1) is 11.0. The van der Waals surface area contributed by atoms with Crippen LogP contribution in [0.5, 0.6) is 11.5 Å². The second-order valence-corrected chi connectivity index (χ2v) is 6.63. The molecule has 3 aromatic rings. The van der Waals surface area contributed by atoms with Crippen molar-refractivity contribution in [3.05, 3.63) is 52.8 Å². The van der Waals surface area contributed by atoms with Crippen LogP contribution in [0.1, 0.15) is 24.2 Å². The van der Waals surface area contributed by atoms with Crippen LogP contribution in [0, 0.1) is 5.92 Å². The summed E-state index contributed by atoms with van der Waals surface area (Å²) in [7, 11) is 1.96. The molecule has 0 atom stereocenters. The van der Waals surface area contributed by atoms with E-state index in [-0.39, 0.29) is 11.7 Å². The van der Waals surface area contributed by atoms with E-state index in [0.717, 1.165) is 15.5 Å². The van der Waals surface area contributed by atoms with Gasteiger partial charge in [0.2, 0.25) is 0 Å². The molecule has 1 aromatic heterocycles. The zero-order chi connectivity index (χ0) is 16.6. The van der Waals surface area contributed by atoms with Crippen molar-refractivity contribution in [2.24, 2.45) is 13.0 Å². The van der Waals surface area contributed by atoms with E-state index >= 15 is 0 Å². The Kier molecular flexibility index (Phi) is 4.22. The van der Waals surface area contributed by atoms with E-state index < -0.39 is 0 Å². The Hall–Kier alpha value is -2.14. The van der Waals surface area contributed by atoms with E-state index in [1.165, 1.54) is 0 Å². The molecule has 0 aliphatic heterocycles. The number of hydrogen-bond acceptors (Lipinski definition) is 3. The van der Waals surface area contributed by atoms with Crippen molar-refractivity contribution >= 4 is 32.7 Å². The third kappa shape index (κ3) is 3.15. The summed E-state index contributed by atoms with van der Waals surface area (Å²) in [6, 6.07) is 11.2. The zero-order valence-electron chi connectivity index (χ0n) is 13.2. The first kappa shape index (κ1) is 15.7. The summed E-state index contributed by atoms with van der Waals surface area (Å²) in [5.74, 6) is 1.47. The van der Waals surface area contributed by atoms with E-state index in [0.29, 0.717) is 17.1 Å². The van der Waals surface area contributed by atoms with E-state index in [1.807, 2.05) is 49.7 Å². The number of rotatable bonds is 4. The summed E-state index contributed by atoms with van der Waals surface area (Å²) in [6.45, 7) is 3.78. The predicted molar refractivity (Wildman–Crippen MR) is 94.1 cm³/mol. The number of Topliss-reactive ketones (excluding diaryl/α,β-unsaturated/α-hetero) is 1. The van der Waals surface area contributed by atoms with Gasteiger partial charge >= 0.3 is 0 Å². The fraction of sp³-hybridized carbons (Fsp3) is 0.222. The highest BCUT2D eigenvalue weighted by Crippen LogP contribution is 2.32. The minimum Gasteiger partial charge on any atom is -0.456 e. The summed E-state index contributed by atoms with van der Waals surface area (Å²) in [5.41, 5.74) is 2.61. The minimum absolute atomic E-state index is 0.0276. The van der Waals surface area contributed by atoms with Crippen LogP contribution >= 0.6 is 15.9 Å². The average Bonchev–Trinajstić information content (AvgIpc) is 2.89. The fourth-order valence-corrected chi connectivity index (χ4v) is 2.84. The minimum atomic E-state index is -0.0276. The molecule has 2 aromatic carbocycles. The normalized spacial score (nSPS) is 11.2. The molecule has 1 heterocycles. The molecule has 0 saturated heterocycles. The molecule has 0 unspecified atom stereocenters. The molecule has 3 rings (SSSR count). The van der Waals surface area contributed by atoms with Crippen molar-refractivity contribution < 1.29 is 9.53 Å². The molecule has 0 saturated carbocycles. The van der Waals surface area contributed by atoms with Gasteiger partial charge in [-0.25, -0.2) is 4.98 Å². The maximum Gasteiger partial charge on any atom is 0.165 e. The molecule has 0 amide bonds. The van der Waals surface area contributed by atoms with Gasteiger partial charge in [0.15, 0.2) is 5.78 Å². The summed E-state index contributed by atoms with van der Waals surface area (Å²) < 4.78 is 8.63. The number of nitrogens with zero attached hydrogens (tertiary/aromatic N) is 2. The number of ether oxygens (including phenoxy) is 1. The van der Waals surface area contributed by atoms with Gasteiger partial charge in [0.1, 0.15) is 11.5 Å². The van der Waals surface area contributed by atoms with Crippen LogP contribution < -0.4 is 4.74 Å². The van der Waals surface area contributed by atoms with Gasteiger partial charge in [-0.15, -0.1) is 0 Å². The highest BCUT2D eigenvalue weighted by molar-refractivity contribution is 9.10. The lowest BCUT2D eigenvalue weighted by Gasteiger charge is -2.10. The largest absolute Gasteiger partial charge is 0.456 e. The number of imidazole rings is 1. The van der Waals surface area contributed by atoms with Crippen LogP contribution in [-0.2, 0) is 7.05 Å². The van der Waals surface area contributed by atoms with Crippen molar-refractivity contribution in [2.75, 3.05) is 0 Å². The van der Waals surface area contributed by atoms with Crippen LogP contribution in [-0.4, -0.2) is 15.3 Å². The highest BCUT2D eigenvalue weighted by Gasteiger charge is 2.13. The number of hydrogen-bond donors (Lipinski definition) is 0. The van der Waals surface area contributed by atoms with Crippen molar-refractivity contribution in [3.63, 3.8) is 0 Å². The molecule has 0 spiro atoms. The fourth-order valence-electron chi connectivity index (χ4n) is 2.38. The maximum atomic E-state index is 12.0. The lowest BCUT2D eigenvalue weighted by atomic mass is 10.0. The molecule has 5 heteroatoms. The lowest BCUT2D eigenvalue weighted by Crippen LogP contribution is -2.07. The van der Waals surface area contributed by atoms with E-state index in [2.05, 4.69) is 20.9 Å². The van der Waals surface area contributed by atoms with Crippen LogP contribution in [0.15, 0.2) is 47.2 Å². The Labute approximate surface area is 143 Å². The van der Waals surface area contributed by atoms with Gasteiger partial charge in [-0.1, -0.05) is 13.8 Å². The molecular formula is C18H17BrN2O2. The Morgan fingerprint density at radius 1 is 1.22 bits per heavy atom. The second kappa shape index (κ2) is 6.16. The van der Waals surface area contributed by atoms with Crippen molar-refractivity contribution in [1.82, 2.24) is 9.55 Å². The molecule has 118 valence electrons. The van der Waals surface area contributed by atoms with Crippen molar-refractivity contribution in [2.45, 2.75) is 13.8 Å². The zero-order valence-corrected chi connectivity index (χ0v) is 14.8. The number of benzene rings is 2. The lowest BCUT2D eigenvalue weighted by molar-refractivity contribution is 0.0939. The van der Waals surface area contributed by atoms with Gasteiger partial charge in [-0.2, -0.15) is 0 Å². The van der Waals surface area contributed by atoms with Gasteiger partial charge in [-0.05, 0) is 46.3 Å². The number of aromatic nitrogens is 2. The Morgan fingerprint density at radius 2 is 2.00 bits per heavy atom. The topological polar surface area (TPSA) is 44.1 Å². The number of ketones is 1. The molecule has 0 radical (unpaired) electrons. The number of carbonyl (C=O) groups excluding carboxylic acids is 1. The number of carbonyl (C=O) groups is 1. The van der Waals surface area contributed by atoms with E-state index in [1.54, 1.807) is 18.5 Å². The summed E-state index contributed by atoms with van der Waals surface area (Å²) in [6.07, 6.45) is 1.77. The monoisotopic (exact) mass is 372 g/mol. The summed E-state index contributed by atoms with van der Waals surface area (Å²) in [5, 5.41) is 0. The summed E-state index contributed by atoms with van der Waals surface area (Å²) in [4.78, 5) is 16.4. The SMILES string of the molecule is CC(C)C(=O)c1ccc(Oc2ccc3c(c2)ncn3C)c(Br)c1. The van der Waals surface area contributed by atoms with Crippen LogP contribution in [0.2, 0.25) is 0 Å². The number of halogens is 1. The molecular weight excluding hydrogens is 356 g/mol. The van der Waals surface area contributed by atoms with Crippen LogP contribution in [0.25, 0.3) is 11.0 Å². The van der Waals surface area contributed by atoms with Crippen molar-refractivity contribution in [1.29, 1.82) is 0 Å². The Bertz CT molecular complexity index is 884. The van der Waals surface area contributed by atoms with Gasteiger partial charge in [0.05, 0.1) is 21.8 Å². The predicted octanol–water partition coefficient (Wildman–Crippen LogP) is 4.97. The molecule has 0 N–H and O–H groups in total. The molecule has 23 heavy (non-hydrogen) atoms. The van der Waals surface area contributed by atoms with E-state index in [4.69, 9.17) is 4.74 Å². The Morgan fingerprint density at radius 3 is 2.70 bits per heavy atom. The molecule has 0 fully saturated rings. The quantitative estimate of drug-likeness (QED) is 0.607. The van der Waals surface area contributed by atoms with Gasteiger partial charge < -0.3 is 9.30 Å².